The Morgan fingerprint density at radius 2 is 2.00 bits per heavy atom. The smallest absolute Gasteiger partial charge is 0.228 e. The molecule has 3 N–H and O–H groups in total. The van der Waals surface area contributed by atoms with E-state index in [4.69, 9.17) is 21.9 Å². The topological polar surface area (TPSA) is 89.3 Å². The molecule has 8 heteroatoms. The Kier molecular flexibility index (Phi) is 7.49. The first-order valence-electron chi connectivity index (χ1n) is 9.45. The molecule has 0 unspecified atom stereocenters. The average Bonchev–Trinajstić information content (AvgIpc) is 3.17. The molecular weight excluding hydrogens is 501 g/mol. The Morgan fingerprint density at radius 1 is 1.17 bits per heavy atom. The normalized spacial score (nSPS) is 13.5. The highest BCUT2D eigenvalue weighted by Crippen LogP contribution is 2.27. The summed E-state index contributed by atoms with van der Waals surface area (Å²) in [5.41, 5.74) is 10.7. The fraction of sp³-hybridized carbons (Fsp3) is 0.286. The number of nitrogens with two attached hydrogens (primary N) is 1. The molecule has 0 saturated carbocycles. The predicted octanol–water partition coefficient (Wildman–Crippen LogP) is 4.86. The summed E-state index contributed by atoms with van der Waals surface area (Å²) >= 11 is 6.01. The van der Waals surface area contributed by atoms with Gasteiger partial charge >= 0.3 is 0 Å². The van der Waals surface area contributed by atoms with Gasteiger partial charge in [0.2, 0.25) is 11.7 Å². The van der Waals surface area contributed by atoms with E-state index in [1.54, 1.807) is 12.1 Å². The number of hydrogen-bond acceptors (Lipinski definition) is 4. The van der Waals surface area contributed by atoms with Crippen LogP contribution in [0.2, 0.25) is 5.02 Å². The van der Waals surface area contributed by atoms with Crippen LogP contribution in [0.5, 0.6) is 0 Å². The highest BCUT2D eigenvalue weighted by atomic mass is 127. The van der Waals surface area contributed by atoms with E-state index in [1.165, 1.54) is 24.0 Å². The number of benzene rings is 2. The number of aryl methyl sites for hydroxylation is 1. The fourth-order valence-corrected chi connectivity index (χ4v) is 3.64. The molecule has 0 amide bonds. The van der Waals surface area contributed by atoms with Gasteiger partial charge in [-0.25, -0.2) is 0 Å². The van der Waals surface area contributed by atoms with Crippen LogP contribution in [0.15, 0.2) is 52.0 Å². The number of fused-ring (bicyclic) bond motifs is 1. The highest BCUT2D eigenvalue weighted by Gasteiger charge is 2.13. The molecule has 1 aliphatic rings. The molecule has 3 aromatic rings. The summed E-state index contributed by atoms with van der Waals surface area (Å²) in [5, 5.41) is 7.88. The first-order chi connectivity index (χ1) is 13.7. The van der Waals surface area contributed by atoms with Gasteiger partial charge in [0.25, 0.3) is 0 Å². The van der Waals surface area contributed by atoms with Crippen LogP contribution in [-0.2, 0) is 19.3 Å². The van der Waals surface area contributed by atoms with Gasteiger partial charge in [-0.15, -0.1) is 24.0 Å². The first kappa shape index (κ1) is 21.6. The summed E-state index contributed by atoms with van der Waals surface area (Å²) in [6.45, 7) is 0.463. The fourth-order valence-electron chi connectivity index (χ4n) is 3.45. The summed E-state index contributed by atoms with van der Waals surface area (Å²) < 4.78 is 5.30. The molecule has 1 heterocycles. The van der Waals surface area contributed by atoms with Crippen LogP contribution >= 0.6 is 35.6 Å². The Labute approximate surface area is 192 Å². The molecule has 1 aromatic heterocycles. The lowest BCUT2D eigenvalue weighted by atomic mass is 9.90. The molecule has 0 atom stereocenters. The molecule has 29 heavy (non-hydrogen) atoms. The summed E-state index contributed by atoms with van der Waals surface area (Å²) in [5.74, 6) is 1.43. The summed E-state index contributed by atoms with van der Waals surface area (Å²) in [4.78, 5) is 8.79. The van der Waals surface area contributed by atoms with Crippen molar-refractivity contribution in [2.45, 2.75) is 32.1 Å². The van der Waals surface area contributed by atoms with Crippen LogP contribution in [0.3, 0.4) is 0 Å². The third kappa shape index (κ3) is 5.48. The van der Waals surface area contributed by atoms with E-state index < -0.39 is 0 Å². The van der Waals surface area contributed by atoms with E-state index in [9.17, 15) is 0 Å². The molecule has 0 bridgehead atoms. The van der Waals surface area contributed by atoms with Crippen molar-refractivity contribution in [2.24, 2.45) is 10.7 Å². The first-order valence-corrected chi connectivity index (χ1v) is 9.83. The SMILES string of the molecule is I.NC(=NCCc1nc(-c2cccc(Cl)c2)no1)Nc1cccc2c1CCCC2. The number of anilines is 1. The molecule has 0 saturated heterocycles. The number of nitrogens with zero attached hydrogens (tertiary/aromatic N) is 3. The van der Waals surface area contributed by atoms with Crippen molar-refractivity contribution in [1.29, 1.82) is 0 Å². The Morgan fingerprint density at radius 3 is 2.86 bits per heavy atom. The number of aliphatic imine (C=N–C) groups is 1. The molecule has 152 valence electrons. The van der Waals surface area contributed by atoms with Gasteiger partial charge < -0.3 is 15.6 Å². The molecule has 6 nitrogen and oxygen atoms in total. The van der Waals surface area contributed by atoms with Gasteiger partial charge in [-0.3, -0.25) is 4.99 Å². The number of halogens is 2. The van der Waals surface area contributed by atoms with Crippen molar-refractivity contribution in [2.75, 3.05) is 11.9 Å². The second-order valence-corrected chi connectivity index (χ2v) is 7.25. The van der Waals surface area contributed by atoms with Crippen molar-refractivity contribution in [3.63, 3.8) is 0 Å². The average molecular weight is 524 g/mol. The zero-order chi connectivity index (χ0) is 19.3. The van der Waals surface area contributed by atoms with Crippen LogP contribution in [-0.4, -0.2) is 22.6 Å². The van der Waals surface area contributed by atoms with E-state index in [1.807, 2.05) is 12.1 Å². The van der Waals surface area contributed by atoms with Crippen LogP contribution in [0, 0.1) is 0 Å². The third-order valence-corrected chi connectivity index (χ3v) is 5.05. The zero-order valence-electron chi connectivity index (χ0n) is 15.9. The number of guanidine groups is 1. The summed E-state index contributed by atoms with van der Waals surface area (Å²) in [6.07, 6.45) is 5.20. The van der Waals surface area contributed by atoms with E-state index >= 15 is 0 Å². The van der Waals surface area contributed by atoms with Crippen molar-refractivity contribution < 1.29 is 4.52 Å². The molecule has 1 aliphatic carbocycles. The van der Waals surface area contributed by atoms with Crippen molar-refractivity contribution in [1.82, 2.24) is 10.1 Å². The van der Waals surface area contributed by atoms with Gasteiger partial charge in [0.1, 0.15) is 0 Å². The van der Waals surface area contributed by atoms with Gasteiger partial charge in [0.05, 0.1) is 6.54 Å². The van der Waals surface area contributed by atoms with E-state index in [0.717, 1.165) is 24.1 Å². The maximum atomic E-state index is 6.07. The zero-order valence-corrected chi connectivity index (χ0v) is 19.0. The third-order valence-electron chi connectivity index (χ3n) is 4.82. The van der Waals surface area contributed by atoms with Gasteiger partial charge in [-0.1, -0.05) is 41.0 Å². The number of aromatic nitrogens is 2. The van der Waals surface area contributed by atoms with Gasteiger partial charge in [0, 0.05) is 22.7 Å². The van der Waals surface area contributed by atoms with Crippen molar-refractivity contribution >= 4 is 47.2 Å². The monoisotopic (exact) mass is 523 g/mol. The molecule has 0 radical (unpaired) electrons. The number of rotatable bonds is 5. The lowest BCUT2D eigenvalue weighted by Crippen LogP contribution is -2.24. The maximum Gasteiger partial charge on any atom is 0.228 e. The molecular formula is C21H23ClIN5O. The van der Waals surface area contributed by atoms with Crippen molar-refractivity contribution in [3.8, 4) is 11.4 Å². The van der Waals surface area contributed by atoms with Gasteiger partial charge in [-0.05, 0) is 55.0 Å². The van der Waals surface area contributed by atoms with Crippen LogP contribution in [0.25, 0.3) is 11.4 Å². The quantitative estimate of drug-likeness (QED) is 0.283. The predicted molar refractivity (Wildman–Crippen MR) is 127 cm³/mol. The minimum Gasteiger partial charge on any atom is -0.370 e. The second kappa shape index (κ2) is 10.1. The van der Waals surface area contributed by atoms with Gasteiger partial charge in [0.15, 0.2) is 5.96 Å². The number of nitrogens with one attached hydrogen (secondary N) is 1. The minimum atomic E-state index is 0. The maximum absolute atomic E-state index is 6.07. The summed E-state index contributed by atoms with van der Waals surface area (Å²) in [6, 6.07) is 13.7. The number of hydrogen-bond donors (Lipinski definition) is 2. The lowest BCUT2D eigenvalue weighted by molar-refractivity contribution is 0.380. The highest BCUT2D eigenvalue weighted by molar-refractivity contribution is 14.0. The van der Waals surface area contributed by atoms with E-state index in [2.05, 4.69) is 38.6 Å². The molecule has 0 spiro atoms. The van der Waals surface area contributed by atoms with Crippen molar-refractivity contribution in [3.05, 3.63) is 64.5 Å². The van der Waals surface area contributed by atoms with E-state index in [0.29, 0.717) is 35.7 Å². The second-order valence-electron chi connectivity index (χ2n) is 6.81. The standard InChI is InChI=1S/C21H22ClN5O.HI/c22-16-8-3-7-15(13-16)20-26-19(28-27-20)11-12-24-21(23)25-18-10-4-6-14-5-1-2-9-17(14)18;/h3-4,6-8,10,13H,1-2,5,9,11-12H2,(H3,23,24,25);1H. The lowest BCUT2D eigenvalue weighted by Gasteiger charge is -2.19. The Bertz CT molecular complexity index is 1000. The minimum absolute atomic E-state index is 0. The van der Waals surface area contributed by atoms with E-state index in [-0.39, 0.29) is 24.0 Å². The Hall–Kier alpha value is -2.13. The van der Waals surface area contributed by atoms with Gasteiger partial charge in [-0.2, -0.15) is 4.98 Å². The molecule has 4 rings (SSSR count). The van der Waals surface area contributed by atoms with Crippen LogP contribution in [0.4, 0.5) is 5.69 Å². The molecule has 0 fully saturated rings. The largest absolute Gasteiger partial charge is 0.370 e. The molecule has 0 aliphatic heterocycles. The Balaban J connectivity index is 0.00000240. The molecule has 2 aromatic carbocycles. The summed E-state index contributed by atoms with van der Waals surface area (Å²) in [7, 11) is 0. The van der Waals surface area contributed by atoms with Crippen LogP contribution in [0.1, 0.15) is 29.9 Å². The van der Waals surface area contributed by atoms with Crippen LogP contribution < -0.4 is 11.1 Å².